The van der Waals surface area contributed by atoms with E-state index < -0.39 is 0 Å². The number of hydrogen-bond donors (Lipinski definition) is 4. The number of rotatable bonds is 6. The summed E-state index contributed by atoms with van der Waals surface area (Å²) in [6.07, 6.45) is 0. The second kappa shape index (κ2) is 10.7. The molecular weight excluding hydrogens is 506 g/mol. The normalized spacial score (nSPS) is 14.4. The molecule has 5 rings (SSSR count). The van der Waals surface area contributed by atoms with Crippen molar-refractivity contribution in [2.45, 2.75) is 39.5 Å². The Labute approximate surface area is 234 Å². The predicted octanol–water partition coefficient (Wildman–Crippen LogP) is 5.42. The van der Waals surface area contributed by atoms with Gasteiger partial charge in [0.1, 0.15) is 23.0 Å². The number of piperazine rings is 1. The van der Waals surface area contributed by atoms with Crippen molar-refractivity contribution in [2.24, 2.45) is 0 Å². The van der Waals surface area contributed by atoms with Crippen LogP contribution in [0.2, 0.25) is 0 Å². The zero-order valence-corrected chi connectivity index (χ0v) is 23.6. The number of nitrogens with zero attached hydrogens (tertiary/aromatic N) is 5. The van der Waals surface area contributed by atoms with Crippen molar-refractivity contribution in [1.29, 1.82) is 0 Å². The zero-order valence-electron chi connectivity index (χ0n) is 23.6. The van der Waals surface area contributed by atoms with Crippen molar-refractivity contribution >= 4 is 5.69 Å². The highest BCUT2D eigenvalue weighted by Crippen LogP contribution is 2.42. The number of likely N-dealkylation sites (N-methyl/N-ethyl adjacent to an activating group) is 1. The van der Waals surface area contributed by atoms with Crippen molar-refractivity contribution in [3.05, 3.63) is 59.7 Å². The standard InChI is InChI=1S/C31H37N5O4/c1-18(2)22-14-24(28(39)16-26(22)37)30-32-33-31(25-15-23(19(3)4)27(38)17-29(25)40)36(30)21-8-6-20(7-9-21)35-12-10-34(5)11-13-35/h6-9,14-19,37-40H,10-13H2,1-5H3. The van der Waals surface area contributed by atoms with E-state index in [1.165, 1.54) is 12.1 Å². The van der Waals surface area contributed by atoms with Crippen molar-refractivity contribution in [3.8, 4) is 51.5 Å². The van der Waals surface area contributed by atoms with Gasteiger partial charge in [-0.05, 0) is 66.4 Å². The van der Waals surface area contributed by atoms with E-state index >= 15 is 0 Å². The summed E-state index contributed by atoms with van der Waals surface area (Å²) >= 11 is 0. The Hall–Kier alpha value is -4.24. The third-order valence-corrected chi connectivity index (χ3v) is 7.66. The van der Waals surface area contributed by atoms with Gasteiger partial charge >= 0.3 is 0 Å². The molecule has 4 aromatic rings. The second-order valence-corrected chi connectivity index (χ2v) is 11.2. The Morgan fingerprint density at radius 1 is 0.600 bits per heavy atom. The minimum Gasteiger partial charge on any atom is -0.508 e. The van der Waals surface area contributed by atoms with Gasteiger partial charge in [0.05, 0.1) is 11.1 Å². The maximum absolute atomic E-state index is 10.9. The summed E-state index contributed by atoms with van der Waals surface area (Å²) in [5.41, 5.74) is 4.01. The highest BCUT2D eigenvalue weighted by atomic mass is 16.3. The highest BCUT2D eigenvalue weighted by Gasteiger charge is 2.25. The number of phenolic OH excluding ortho intramolecular Hbond substituents is 4. The number of hydrogen-bond acceptors (Lipinski definition) is 8. The largest absolute Gasteiger partial charge is 0.508 e. The minimum atomic E-state index is -0.131. The molecule has 4 N–H and O–H groups in total. The van der Waals surface area contributed by atoms with Crippen LogP contribution in [-0.4, -0.2) is 73.3 Å². The summed E-state index contributed by atoms with van der Waals surface area (Å²) in [5, 5.41) is 51.7. The predicted molar refractivity (Wildman–Crippen MR) is 157 cm³/mol. The molecule has 0 amide bonds. The van der Waals surface area contributed by atoms with Crippen LogP contribution >= 0.6 is 0 Å². The van der Waals surface area contributed by atoms with Crippen LogP contribution in [0.1, 0.15) is 50.7 Å². The van der Waals surface area contributed by atoms with Crippen LogP contribution < -0.4 is 4.90 Å². The van der Waals surface area contributed by atoms with Gasteiger partial charge in [0, 0.05) is 49.7 Å². The van der Waals surface area contributed by atoms with Crippen molar-refractivity contribution in [1.82, 2.24) is 19.7 Å². The van der Waals surface area contributed by atoms with Crippen LogP contribution in [0, 0.1) is 0 Å². The lowest BCUT2D eigenvalue weighted by Gasteiger charge is -2.34. The Morgan fingerprint density at radius 2 is 1.02 bits per heavy atom. The molecule has 0 spiro atoms. The highest BCUT2D eigenvalue weighted by molar-refractivity contribution is 5.75. The monoisotopic (exact) mass is 543 g/mol. The molecule has 0 radical (unpaired) electrons. The van der Waals surface area contributed by atoms with E-state index in [0.29, 0.717) is 33.9 Å². The summed E-state index contributed by atoms with van der Waals surface area (Å²) in [5.74, 6) is 0.498. The first-order valence-corrected chi connectivity index (χ1v) is 13.7. The third-order valence-electron chi connectivity index (χ3n) is 7.66. The quantitative estimate of drug-likeness (QED) is 0.255. The van der Waals surface area contributed by atoms with Crippen LogP contribution in [-0.2, 0) is 0 Å². The smallest absolute Gasteiger partial charge is 0.172 e. The van der Waals surface area contributed by atoms with Crippen LogP contribution in [0.3, 0.4) is 0 Å². The van der Waals surface area contributed by atoms with Gasteiger partial charge in [-0.25, -0.2) is 0 Å². The molecule has 0 saturated carbocycles. The van der Waals surface area contributed by atoms with Gasteiger partial charge in [0.25, 0.3) is 0 Å². The van der Waals surface area contributed by atoms with E-state index in [9.17, 15) is 20.4 Å². The van der Waals surface area contributed by atoms with E-state index in [1.54, 1.807) is 16.7 Å². The van der Waals surface area contributed by atoms with Gasteiger partial charge < -0.3 is 30.2 Å². The van der Waals surface area contributed by atoms with E-state index in [1.807, 2.05) is 39.8 Å². The van der Waals surface area contributed by atoms with Gasteiger partial charge in [-0.15, -0.1) is 10.2 Å². The van der Waals surface area contributed by atoms with E-state index in [2.05, 4.69) is 39.2 Å². The molecule has 0 aliphatic carbocycles. The molecule has 0 bridgehead atoms. The van der Waals surface area contributed by atoms with Crippen molar-refractivity contribution in [2.75, 3.05) is 38.1 Å². The lowest BCUT2D eigenvalue weighted by Crippen LogP contribution is -2.44. The van der Waals surface area contributed by atoms with Gasteiger partial charge in [-0.2, -0.15) is 0 Å². The molecule has 1 aliphatic rings. The molecule has 1 fully saturated rings. The van der Waals surface area contributed by atoms with Crippen molar-refractivity contribution < 1.29 is 20.4 Å². The lowest BCUT2D eigenvalue weighted by atomic mass is 9.98. The number of anilines is 1. The van der Waals surface area contributed by atoms with Crippen LogP contribution in [0.25, 0.3) is 28.5 Å². The molecule has 3 aromatic carbocycles. The number of benzene rings is 3. The Balaban J connectivity index is 1.70. The van der Waals surface area contributed by atoms with Gasteiger partial charge in [-0.3, -0.25) is 4.57 Å². The first kappa shape index (κ1) is 27.3. The molecule has 9 heteroatoms. The Bertz CT molecular complexity index is 1440. The molecule has 40 heavy (non-hydrogen) atoms. The fourth-order valence-electron chi connectivity index (χ4n) is 5.23. The minimum absolute atomic E-state index is 0.00723. The van der Waals surface area contributed by atoms with Gasteiger partial charge in [0.2, 0.25) is 0 Å². The molecule has 1 aromatic heterocycles. The van der Waals surface area contributed by atoms with E-state index in [0.717, 1.165) is 37.6 Å². The first-order valence-electron chi connectivity index (χ1n) is 13.7. The Kier molecular flexibility index (Phi) is 7.33. The fraction of sp³-hybridized carbons (Fsp3) is 0.355. The fourth-order valence-corrected chi connectivity index (χ4v) is 5.23. The molecule has 0 unspecified atom stereocenters. The molecule has 1 aliphatic heterocycles. The molecular formula is C31H37N5O4. The summed E-state index contributed by atoms with van der Waals surface area (Å²) in [6, 6.07) is 14.2. The SMILES string of the molecule is CC(C)c1cc(-c2nnc(-c3cc(C(C)C)c(O)cc3O)n2-c2ccc(N3CCN(C)CC3)cc2)c(O)cc1O. The van der Waals surface area contributed by atoms with E-state index in [-0.39, 0.29) is 34.8 Å². The van der Waals surface area contributed by atoms with Crippen molar-refractivity contribution in [3.63, 3.8) is 0 Å². The number of aromatic hydroxyl groups is 4. The average Bonchev–Trinajstić information content (AvgIpc) is 3.33. The first-order chi connectivity index (χ1) is 19.0. The Morgan fingerprint density at radius 3 is 1.45 bits per heavy atom. The van der Waals surface area contributed by atoms with Crippen LogP contribution in [0.4, 0.5) is 5.69 Å². The van der Waals surface area contributed by atoms with Gasteiger partial charge in [-0.1, -0.05) is 27.7 Å². The summed E-state index contributed by atoms with van der Waals surface area (Å²) in [7, 11) is 2.13. The number of aromatic nitrogens is 3. The maximum Gasteiger partial charge on any atom is 0.172 e. The summed E-state index contributed by atoms with van der Waals surface area (Å²) in [6.45, 7) is 11.7. The van der Waals surface area contributed by atoms with Crippen LogP contribution in [0.5, 0.6) is 23.0 Å². The zero-order chi connectivity index (χ0) is 28.7. The van der Waals surface area contributed by atoms with Gasteiger partial charge in [0.15, 0.2) is 11.6 Å². The third kappa shape index (κ3) is 5.04. The topological polar surface area (TPSA) is 118 Å². The molecule has 1 saturated heterocycles. The molecule has 0 atom stereocenters. The average molecular weight is 544 g/mol. The van der Waals surface area contributed by atoms with E-state index in [4.69, 9.17) is 0 Å². The molecule has 9 nitrogen and oxygen atoms in total. The summed E-state index contributed by atoms with van der Waals surface area (Å²) < 4.78 is 1.79. The second-order valence-electron chi connectivity index (χ2n) is 11.2. The molecule has 2 heterocycles. The number of phenols is 4. The van der Waals surface area contributed by atoms with Crippen LogP contribution in [0.15, 0.2) is 48.5 Å². The molecule has 210 valence electrons. The maximum atomic E-state index is 10.9. The summed E-state index contributed by atoms with van der Waals surface area (Å²) in [4.78, 5) is 4.66. The lowest BCUT2D eigenvalue weighted by molar-refractivity contribution is 0.313.